The lowest BCUT2D eigenvalue weighted by atomic mass is 10.3. The molecule has 0 atom stereocenters. The number of thiophene rings is 1. The van der Waals surface area contributed by atoms with Gasteiger partial charge in [0.25, 0.3) is 0 Å². The van der Waals surface area contributed by atoms with Crippen LogP contribution in [0.1, 0.15) is 5.56 Å². The molecule has 0 aliphatic rings. The van der Waals surface area contributed by atoms with Crippen molar-refractivity contribution in [2.24, 2.45) is 0 Å². The minimum Gasteiger partial charge on any atom is -0.301 e. The molecule has 1 N–H and O–H groups in total. The van der Waals surface area contributed by atoms with Crippen LogP contribution in [0.25, 0.3) is 9.75 Å². The van der Waals surface area contributed by atoms with Crippen LogP contribution in [0.4, 0.5) is 0 Å². The van der Waals surface area contributed by atoms with E-state index in [2.05, 4.69) is 28.8 Å². The highest BCUT2D eigenvalue weighted by molar-refractivity contribution is 7.71. The van der Waals surface area contributed by atoms with E-state index >= 15 is 0 Å². The Balaban J connectivity index is 2.62. The van der Waals surface area contributed by atoms with Gasteiger partial charge in [-0.05, 0) is 18.4 Å². The molecule has 0 saturated heterocycles. The molecule has 2 rings (SSSR count). The summed E-state index contributed by atoms with van der Waals surface area (Å²) in [5.74, 6) is 0. The Hall–Kier alpha value is -0.450. The lowest BCUT2D eigenvalue weighted by molar-refractivity contribution is 1.42. The first-order chi connectivity index (χ1) is 5.79. The van der Waals surface area contributed by atoms with Crippen molar-refractivity contribution in [2.75, 3.05) is 0 Å². The van der Waals surface area contributed by atoms with Gasteiger partial charge in [0, 0.05) is 10.4 Å². The molecular weight excluding hydrogens is 206 g/mol. The molecule has 12 heavy (non-hydrogen) atoms. The van der Waals surface area contributed by atoms with Gasteiger partial charge in [-0.2, -0.15) is 0 Å². The molecule has 0 spiro atoms. The zero-order chi connectivity index (χ0) is 8.55. The molecule has 0 aromatic carbocycles. The van der Waals surface area contributed by atoms with E-state index in [0.717, 1.165) is 4.64 Å². The van der Waals surface area contributed by atoms with Crippen molar-refractivity contribution in [3.63, 3.8) is 0 Å². The largest absolute Gasteiger partial charge is 0.301 e. The Kier molecular flexibility index (Phi) is 2.12. The van der Waals surface area contributed by atoms with E-state index < -0.39 is 0 Å². The molecule has 2 aromatic heterocycles. The number of hydrogen-bond donors (Lipinski definition) is 1. The van der Waals surface area contributed by atoms with Gasteiger partial charge in [-0.15, -0.1) is 11.3 Å². The highest BCUT2D eigenvalue weighted by Gasteiger charge is 2.05. The predicted molar refractivity (Wildman–Crippen MR) is 57.6 cm³/mol. The molecule has 0 saturated carbocycles. The lowest BCUT2D eigenvalue weighted by Gasteiger charge is -1.90. The van der Waals surface area contributed by atoms with Crippen molar-refractivity contribution in [1.29, 1.82) is 0 Å². The fraction of sp³-hybridized carbons (Fsp3) is 0.125. The first-order valence-electron chi connectivity index (χ1n) is 3.51. The van der Waals surface area contributed by atoms with Crippen LogP contribution in [-0.4, -0.2) is 4.37 Å². The Bertz CT molecular complexity index is 421. The summed E-state index contributed by atoms with van der Waals surface area (Å²) in [4.78, 5) is 2.57. The molecule has 0 amide bonds. The molecule has 0 aliphatic carbocycles. The molecule has 1 nitrogen and oxygen atoms in total. The summed E-state index contributed by atoms with van der Waals surface area (Å²) in [5.41, 5.74) is 1.19. The van der Waals surface area contributed by atoms with Crippen LogP contribution >= 0.6 is 35.1 Å². The van der Waals surface area contributed by atoms with Crippen LogP contribution in [0, 0.1) is 11.6 Å². The number of aromatic amines is 1. The summed E-state index contributed by atoms with van der Waals surface area (Å²) >= 11 is 8.47. The monoisotopic (exact) mass is 213 g/mol. The Labute approximate surface area is 83.9 Å². The number of nitrogens with one attached hydrogen (secondary N) is 1. The van der Waals surface area contributed by atoms with Crippen LogP contribution in [0.15, 0.2) is 17.5 Å². The standard InChI is InChI=1S/C8H7NS3/c1-5-7(12-9-8(5)10)6-3-2-4-11-6/h2-4H,1H3,(H,9,10). The van der Waals surface area contributed by atoms with Crippen LogP contribution in [0.5, 0.6) is 0 Å². The van der Waals surface area contributed by atoms with Gasteiger partial charge in [0.2, 0.25) is 0 Å². The molecule has 0 unspecified atom stereocenters. The normalized spacial score (nSPS) is 10.4. The van der Waals surface area contributed by atoms with E-state index in [1.54, 1.807) is 22.9 Å². The summed E-state index contributed by atoms with van der Waals surface area (Å²) in [7, 11) is 0. The summed E-state index contributed by atoms with van der Waals surface area (Å²) in [6, 6.07) is 4.17. The average Bonchev–Trinajstić information content (AvgIpc) is 2.64. The van der Waals surface area contributed by atoms with Gasteiger partial charge in [0.1, 0.15) is 4.64 Å². The molecule has 2 heterocycles. The fourth-order valence-corrected chi connectivity index (χ4v) is 3.05. The third-order valence-electron chi connectivity index (χ3n) is 1.67. The van der Waals surface area contributed by atoms with E-state index in [1.165, 1.54) is 15.3 Å². The topological polar surface area (TPSA) is 15.8 Å². The molecule has 2 aromatic rings. The van der Waals surface area contributed by atoms with Crippen LogP contribution < -0.4 is 0 Å². The third-order valence-corrected chi connectivity index (χ3v) is 4.26. The summed E-state index contributed by atoms with van der Waals surface area (Å²) in [5, 5.41) is 2.08. The maximum atomic E-state index is 5.11. The second-order valence-corrected chi connectivity index (χ2v) is 4.64. The summed E-state index contributed by atoms with van der Waals surface area (Å²) < 4.78 is 3.95. The van der Waals surface area contributed by atoms with Crippen molar-refractivity contribution >= 4 is 35.1 Å². The lowest BCUT2D eigenvalue weighted by Crippen LogP contribution is -1.69. The molecule has 62 valence electrons. The zero-order valence-corrected chi connectivity index (χ0v) is 8.91. The van der Waals surface area contributed by atoms with Crippen LogP contribution in [-0.2, 0) is 0 Å². The van der Waals surface area contributed by atoms with Crippen molar-refractivity contribution in [2.45, 2.75) is 6.92 Å². The molecule has 0 bridgehead atoms. The number of aromatic nitrogens is 1. The van der Waals surface area contributed by atoms with Crippen molar-refractivity contribution in [3.8, 4) is 9.75 Å². The zero-order valence-electron chi connectivity index (χ0n) is 6.46. The van der Waals surface area contributed by atoms with Gasteiger partial charge in [-0.25, -0.2) is 0 Å². The maximum absolute atomic E-state index is 5.11. The van der Waals surface area contributed by atoms with E-state index in [0.29, 0.717) is 0 Å². The summed E-state index contributed by atoms with van der Waals surface area (Å²) in [6.07, 6.45) is 0. The van der Waals surface area contributed by atoms with Crippen LogP contribution in [0.2, 0.25) is 0 Å². The van der Waals surface area contributed by atoms with Gasteiger partial charge in [0.15, 0.2) is 0 Å². The highest BCUT2D eigenvalue weighted by atomic mass is 32.1. The SMILES string of the molecule is Cc1c(-c2cccs2)s[nH]c1=S. The Morgan fingerprint density at radius 1 is 1.50 bits per heavy atom. The van der Waals surface area contributed by atoms with Gasteiger partial charge in [-0.3, -0.25) is 0 Å². The maximum Gasteiger partial charge on any atom is 0.116 e. The van der Waals surface area contributed by atoms with Gasteiger partial charge < -0.3 is 4.37 Å². The third kappa shape index (κ3) is 1.26. The second kappa shape index (κ2) is 3.12. The first-order valence-corrected chi connectivity index (χ1v) is 5.61. The minimum absolute atomic E-state index is 0.864. The fourth-order valence-electron chi connectivity index (χ4n) is 0.996. The van der Waals surface area contributed by atoms with Crippen molar-refractivity contribution < 1.29 is 0 Å². The van der Waals surface area contributed by atoms with Crippen molar-refractivity contribution in [1.82, 2.24) is 4.37 Å². The second-order valence-electron chi connectivity index (χ2n) is 2.46. The Morgan fingerprint density at radius 2 is 2.33 bits per heavy atom. The number of hydrogen-bond acceptors (Lipinski definition) is 3. The first kappa shape index (κ1) is 8.16. The molecular formula is C8H7NS3. The van der Waals surface area contributed by atoms with Gasteiger partial charge in [0.05, 0.1) is 4.88 Å². The molecule has 0 aliphatic heterocycles. The van der Waals surface area contributed by atoms with Crippen LogP contribution in [0.3, 0.4) is 0 Å². The molecule has 0 radical (unpaired) electrons. The van der Waals surface area contributed by atoms with E-state index in [1.807, 2.05) is 0 Å². The minimum atomic E-state index is 0.864. The van der Waals surface area contributed by atoms with E-state index in [9.17, 15) is 0 Å². The quantitative estimate of drug-likeness (QED) is 0.712. The number of rotatable bonds is 1. The molecule has 4 heteroatoms. The highest BCUT2D eigenvalue weighted by Crippen LogP contribution is 2.31. The van der Waals surface area contributed by atoms with Crippen molar-refractivity contribution in [3.05, 3.63) is 27.7 Å². The number of H-pyrrole nitrogens is 1. The van der Waals surface area contributed by atoms with Gasteiger partial charge >= 0.3 is 0 Å². The van der Waals surface area contributed by atoms with E-state index in [-0.39, 0.29) is 0 Å². The smallest absolute Gasteiger partial charge is 0.116 e. The molecule has 0 fully saturated rings. The Morgan fingerprint density at radius 3 is 2.83 bits per heavy atom. The predicted octanol–water partition coefficient (Wildman–Crippen LogP) is 3.84. The summed E-state index contributed by atoms with van der Waals surface area (Å²) in [6.45, 7) is 2.06. The van der Waals surface area contributed by atoms with E-state index in [4.69, 9.17) is 12.2 Å². The average molecular weight is 213 g/mol. The van der Waals surface area contributed by atoms with Gasteiger partial charge in [-0.1, -0.05) is 29.8 Å².